The Morgan fingerprint density at radius 2 is 2.06 bits per heavy atom. The summed E-state index contributed by atoms with van der Waals surface area (Å²) in [4.78, 5) is 22.9. The third kappa shape index (κ3) is 4.22. The maximum absolute atomic E-state index is 11.7. The second kappa shape index (κ2) is 5.29. The average molecular weight is 259 g/mol. The highest BCUT2D eigenvalue weighted by Crippen LogP contribution is 2.31. The Kier molecular flexibility index (Phi) is 4.47. The summed E-state index contributed by atoms with van der Waals surface area (Å²) in [6.45, 7) is 7.17. The summed E-state index contributed by atoms with van der Waals surface area (Å²) < 4.78 is 5.18. The fourth-order valence-corrected chi connectivity index (χ4v) is 3.17. The van der Waals surface area contributed by atoms with Gasteiger partial charge < -0.3 is 14.8 Å². The summed E-state index contributed by atoms with van der Waals surface area (Å²) >= 11 is 1.81. The summed E-state index contributed by atoms with van der Waals surface area (Å²) in [6.07, 6.45) is 1.26. The summed E-state index contributed by atoms with van der Waals surface area (Å²) in [5.41, 5.74) is -1.36. The molecule has 1 rings (SSSR count). The van der Waals surface area contributed by atoms with Crippen molar-refractivity contribution in [2.45, 2.75) is 45.3 Å². The fraction of sp³-hybridized carbons (Fsp3) is 0.833. The zero-order valence-electron chi connectivity index (χ0n) is 10.9. The molecule has 0 aromatic carbocycles. The highest BCUT2D eigenvalue weighted by atomic mass is 32.2. The molecule has 98 valence electrons. The van der Waals surface area contributed by atoms with Gasteiger partial charge in [0.05, 0.1) is 5.54 Å². The Balaban J connectivity index is 2.62. The van der Waals surface area contributed by atoms with Crippen LogP contribution in [0.3, 0.4) is 0 Å². The zero-order chi connectivity index (χ0) is 13.1. The Labute approximate surface area is 107 Å². The lowest BCUT2D eigenvalue weighted by Crippen LogP contribution is -2.54. The molecule has 0 bridgehead atoms. The molecule has 1 heterocycles. The molecule has 0 saturated carbocycles. The quantitative estimate of drug-likeness (QED) is 0.790. The van der Waals surface area contributed by atoms with E-state index in [0.29, 0.717) is 0 Å². The molecule has 1 aliphatic heterocycles. The van der Waals surface area contributed by atoms with E-state index in [1.807, 2.05) is 11.8 Å². The average Bonchev–Trinajstić information content (AvgIpc) is 2.67. The molecule has 0 radical (unpaired) electrons. The van der Waals surface area contributed by atoms with Crippen LogP contribution in [-0.2, 0) is 9.53 Å². The lowest BCUT2D eigenvalue weighted by atomic mass is 9.86. The topological polar surface area (TPSA) is 55.4 Å². The highest BCUT2D eigenvalue weighted by Gasteiger charge is 2.38. The van der Waals surface area contributed by atoms with Crippen molar-refractivity contribution in [1.82, 2.24) is 5.32 Å². The van der Waals surface area contributed by atoms with Gasteiger partial charge in [0, 0.05) is 0 Å². The minimum Gasteiger partial charge on any atom is -0.444 e. The van der Waals surface area contributed by atoms with Crippen molar-refractivity contribution in [3.63, 3.8) is 0 Å². The summed E-state index contributed by atoms with van der Waals surface area (Å²) in [5.74, 6) is 2.15. The van der Waals surface area contributed by atoms with E-state index in [2.05, 4.69) is 5.32 Å². The number of amides is 1. The normalized spacial score (nSPS) is 23.9. The number of aldehydes is 1. The maximum atomic E-state index is 11.7. The molecule has 1 amide bonds. The maximum Gasteiger partial charge on any atom is 0.408 e. The van der Waals surface area contributed by atoms with Gasteiger partial charge in [0.1, 0.15) is 11.9 Å². The zero-order valence-corrected chi connectivity index (χ0v) is 11.7. The molecule has 5 heteroatoms. The SMILES string of the molecule is CC(C)(C)OC(=O)NC(C)(C=O)C1CCSC1. The molecule has 0 aromatic heterocycles. The van der Waals surface area contributed by atoms with Crippen LogP contribution in [0.2, 0.25) is 0 Å². The summed E-state index contributed by atoms with van der Waals surface area (Å²) in [6, 6.07) is 0. The molecule has 0 aromatic rings. The van der Waals surface area contributed by atoms with E-state index in [4.69, 9.17) is 4.74 Å². The van der Waals surface area contributed by atoms with E-state index in [9.17, 15) is 9.59 Å². The molecular weight excluding hydrogens is 238 g/mol. The van der Waals surface area contributed by atoms with E-state index in [1.54, 1.807) is 27.7 Å². The van der Waals surface area contributed by atoms with Crippen molar-refractivity contribution in [1.29, 1.82) is 0 Å². The van der Waals surface area contributed by atoms with E-state index in [1.165, 1.54) is 0 Å². The van der Waals surface area contributed by atoms with Crippen LogP contribution in [0.4, 0.5) is 4.79 Å². The van der Waals surface area contributed by atoms with E-state index < -0.39 is 17.2 Å². The minimum atomic E-state index is -0.814. The summed E-state index contributed by atoms with van der Waals surface area (Å²) in [7, 11) is 0. The molecule has 1 saturated heterocycles. The number of carbonyl (C=O) groups excluding carboxylic acids is 2. The second-order valence-corrected chi connectivity index (χ2v) is 6.74. The number of rotatable bonds is 3. The molecule has 1 fully saturated rings. The standard InChI is InChI=1S/C12H21NO3S/c1-11(2,3)16-10(15)13-12(4,8-14)9-5-6-17-7-9/h8-9H,5-7H2,1-4H3,(H,13,15). The molecule has 2 atom stereocenters. The Bertz CT molecular complexity index is 295. The van der Waals surface area contributed by atoms with Gasteiger partial charge in [-0.3, -0.25) is 0 Å². The highest BCUT2D eigenvalue weighted by molar-refractivity contribution is 7.99. The Morgan fingerprint density at radius 1 is 1.41 bits per heavy atom. The Hall–Kier alpha value is -0.710. The summed E-state index contributed by atoms with van der Waals surface area (Å²) in [5, 5.41) is 2.70. The van der Waals surface area contributed by atoms with Gasteiger partial charge >= 0.3 is 6.09 Å². The van der Waals surface area contributed by atoms with Gasteiger partial charge in [-0.25, -0.2) is 4.79 Å². The van der Waals surface area contributed by atoms with Gasteiger partial charge in [-0.1, -0.05) is 0 Å². The predicted octanol–water partition coefficient (Wildman–Crippen LogP) is 2.22. The van der Waals surface area contributed by atoms with Crippen molar-refractivity contribution in [2.75, 3.05) is 11.5 Å². The first-order chi connectivity index (χ1) is 7.77. The van der Waals surface area contributed by atoms with Gasteiger partial charge in [0.2, 0.25) is 0 Å². The number of thioether (sulfide) groups is 1. The molecule has 0 aliphatic carbocycles. The molecular formula is C12H21NO3S. The van der Waals surface area contributed by atoms with Crippen LogP contribution in [0.25, 0.3) is 0 Å². The smallest absolute Gasteiger partial charge is 0.408 e. The van der Waals surface area contributed by atoms with Crippen molar-refractivity contribution < 1.29 is 14.3 Å². The third-order valence-electron chi connectivity index (χ3n) is 2.79. The van der Waals surface area contributed by atoms with E-state index in [-0.39, 0.29) is 5.92 Å². The largest absolute Gasteiger partial charge is 0.444 e. The predicted molar refractivity (Wildman–Crippen MR) is 69.3 cm³/mol. The van der Waals surface area contributed by atoms with Crippen molar-refractivity contribution in [2.24, 2.45) is 5.92 Å². The van der Waals surface area contributed by atoms with Crippen molar-refractivity contribution in [3.8, 4) is 0 Å². The van der Waals surface area contributed by atoms with Crippen molar-refractivity contribution in [3.05, 3.63) is 0 Å². The molecule has 4 nitrogen and oxygen atoms in total. The molecule has 1 N–H and O–H groups in total. The third-order valence-corrected chi connectivity index (χ3v) is 3.96. The second-order valence-electron chi connectivity index (χ2n) is 5.59. The number of hydrogen-bond donors (Lipinski definition) is 1. The molecule has 17 heavy (non-hydrogen) atoms. The number of nitrogens with one attached hydrogen (secondary N) is 1. The van der Waals surface area contributed by atoms with E-state index in [0.717, 1.165) is 24.2 Å². The van der Waals surface area contributed by atoms with Gasteiger partial charge in [-0.2, -0.15) is 11.8 Å². The first kappa shape index (κ1) is 14.4. The van der Waals surface area contributed by atoms with Gasteiger partial charge in [-0.05, 0) is 51.5 Å². The van der Waals surface area contributed by atoms with E-state index >= 15 is 0 Å². The van der Waals surface area contributed by atoms with Crippen LogP contribution in [0.15, 0.2) is 0 Å². The molecule has 1 aliphatic rings. The number of hydrogen-bond acceptors (Lipinski definition) is 4. The van der Waals surface area contributed by atoms with Crippen LogP contribution in [0.5, 0.6) is 0 Å². The first-order valence-corrected chi connectivity index (χ1v) is 6.97. The van der Waals surface area contributed by atoms with Crippen LogP contribution in [0, 0.1) is 5.92 Å². The van der Waals surface area contributed by atoms with Gasteiger partial charge in [0.25, 0.3) is 0 Å². The van der Waals surface area contributed by atoms with Gasteiger partial charge in [-0.15, -0.1) is 0 Å². The number of carbonyl (C=O) groups is 2. The van der Waals surface area contributed by atoms with Crippen LogP contribution in [-0.4, -0.2) is 35.0 Å². The molecule has 2 unspecified atom stereocenters. The lowest BCUT2D eigenvalue weighted by molar-refractivity contribution is -0.114. The monoisotopic (exact) mass is 259 g/mol. The minimum absolute atomic E-state index is 0.192. The van der Waals surface area contributed by atoms with Crippen molar-refractivity contribution >= 4 is 24.1 Å². The van der Waals surface area contributed by atoms with Crippen LogP contribution >= 0.6 is 11.8 Å². The fourth-order valence-electron chi connectivity index (χ4n) is 1.76. The Morgan fingerprint density at radius 3 is 2.47 bits per heavy atom. The number of alkyl carbamates (subject to hydrolysis) is 1. The molecule has 0 spiro atoms. The lowest BCUT2D eigenvalue weighted by Gasteiger charge is -2.31. The van der Waals surface area contributed by atoms with Crippen LogP contribution in [0.1, 0.15) is 34.1 Å². The van der Waals surface area contributed by atoms with Gasteiger partial charge in [0.15, 0.2) is 0 Å². The number of ether oxygens (including phenoxy) is 1. The van der Waals surface area contributed by atoms with Crippen LogP contribution < -0.4 is 5.32 Å². The first-order valence-electron chi connectivity index (χ1n) is 5.82.